The number of aliphatic hydroxyl groups excluding tert-OH is 1. The zero-order valence-electron chi connectivity index (χ0n) is 14.4. The lowest BCUT2D eigenvalue weighted by Crippen LogP contribution is -2.29. The molecule has 1 amide bonds. The Kier molecular flexibility index (Phi) is 4.14. The van der Waals surface area contributed by atoms with Gasteiger partial charge in [0.1, 0.15) is 11.3 Å². The highest BCUT2D eigenvalue weighted by atomic mass is 16.3. The topological polar surface area (TPSA) is 66.6 Å². The van der Waals surface area contributed by atoms with Crippen LogP contribution in [0.3, 0.4) is 0 Å². The summed E-state index contributed by atoms with van der Waals surface area (Å²) in [6, 6.07) is 19.3. The lowest BCUT2D eigenvalue weighted by atomic mass is 10.0. The molecule has 2 aromatic carbocycles. The van der Waals surface area contributed by atoms with E-state index in [1.807, 2.05) is 73.8 Å². The van der Waals surface area contributed by atoms with Crippen LogP contribution in [0.1, 0.15) is 27.8 Å². The van der Waals surface area contributed by atoms with E-state index in [0.717, 1.165) is 22.0 Å². The van der Waals surface area contributed by atoms with Crippen molar-refractivity contribution in [3.8, 4) is 0 Å². The molecule has 0 fully saturated rings. The Labute approximate surface area is 150 Å². The van der Waals surface area contributed by atoms with Gasteiger partial charge in [-0.05, 0) is 35.4 Å². The van der Waals surface area contributed by atoms with Crippen molar-refractivity contribution in [2.75, 3.05) is 6.54 Å². The van der Waals surface area contributed by atoms with Crippen molar-refractivity contribution in [2.45, 2.75) is 13.0 Å². The smallest absolute Gasteiger partial charge is 0.270 e. The number of aryl methyl sites for hydroxylation is 1. The second-order valence-electron chi connectivity index (χ2n) is 6.27. The van der Waals surface area contributed by atoms with Gasteiger partial charge in [-0.2, -0.15) is 0 Å². The van der Waals surface area contributed by atoms with E-state index in [1.165, 1.54) is 0 Å². The summed E-state index contributed by atoms with van der Waals surface area (Å²) in [5.74, 6) is -0.250. The summed E-state index contributed by atoms with van der Waals surface area (Å²) in [5, 5.41) is 15.5. The maximum atomic E-state index is 12.7. The van der Waals surface area contributed by atoms with E-state index in [1.54, 1.807) is 4.40 Å². The third kappa shape index (κ3) is 2.82. The molecule has 130 valence electrons. The largest absolute Gasteiger partial charge is 0.387 e. The van der Waals surface area contributed by atoms with Crippen molar-refractivity contribution in [3.05, 3.63) is 83.8 Å². The fourth-order valence-electron chi connectivity index (χ4n) is 3.31. The molecule has 0 saturated heterocycles. The fourth-order valence-corrected chi connectivity index (χ4v) is 3.31. The summed E-state index contributed by atoms with van der Waals surface area (Å²) in [6.07, 6.45) is 1.02. The van der Waals surface area contributed by atoms with E-state index in [9.17, 15) is 9.90 Å². The number of nitrogens with one attached hydrogen (secondary N) is 1. The second-order valence-corrected chi connectivity index (χ2v) is 6.27. The van der Waals surface area contributed by atoms with Crippen LogP contribution in [0.15, 0.2) is 66.9 Å². The fraction of sp³-hybridized carbons (Fsp3) is 0.143. The maximum absolute atomic E-state index is 12.7. The molecule has 0 aliphatic heterocycles. The Morgan fingerprint density at radius 3 is 2.77 bits per heavy atom. The Balaban J connectivity index is 1.56. The molecular weight excluding hydrogens is 326 g/mol. The van der Waals surface area contributed by atoms with Crippen LogP contribution in [0.5, 0.6) is 0 Å². The first-order valence-corrected chi connectivity index (χ1v) is 8.53. The van der Waals surface area contributed by atoms with Crippen molar-refractivity contribution < 1.29 is 9.90 Å². The lowest BCUT2D eigenvalue weighted by molar-refractivity contribution is 0.0910. The van der Waals surface area contributed by atoms with E-state index in [0.29, 0.717) is 11.4 Å². The Bertz CT molecular complexity index is 1100. The van der Waals surface area contributed by atoms with Crippen molar-refractivity contribution in [2.24, 2.45) is 0 Å². The maximum Gasteiger partial charge on any atom is 0.270 e. The monoisotopic (exact) mass is 345 g/mol. The predicted octanol–water partition coefficient (Wildman–Crippen LogP) is 3.26. The summed E-state index contributed by atoms with van der Waals surface area (Å²) >= 11 is 0. The van der Waals surface area contributed by atoms with Gasteiger partial charge in [0.15, 0.2) is 0 Å². The number of hydrogen-bond acceptors (Lipinski definition) is 3. The lowest BCUT2D eigenvalue weighted by Gasteiger charge is -2.15. The van der Waals surface area contributed by atoms with Gasteiger partial charge in [0.2, 0.25) is 0 Å². The number of carbonyl (C=O) groups is 1. The van der Waals surface area contributed by atoms with Crippen LogP contribution in [0.25, 0.3) is 16.4 Å². The molecule has 2 aromatic heterocycles. The number of aliphatic hydroxyl groups is 1. The first kappa shape index (κ1) is 16.3. The standard InChI is InChI=1S/C21H19N3O2/c1-14-20(24-12-5-4-11-19(24)23-14)21(26)22-13-18(25)17-10-6-8-15-7-2-3-9-16(15)17/h2-12,18,25H,13H2,1H3,(H,22,26). The van der Waals surface area contributed by atoms with Gasteiger partial charge in [-0.3, -0.25) is 9.20 Å². The molecule has 4 aromatic rings. The molecule has 0 aliphatic carbocycles. The molecular formula is C21H19N3O2. The molecule has 2 heterocycles. The molecule has 2 N–H and O–H groups in total. The van der Waals surface area contributed by atoms with Gasteiger partial charge in [0, 0.05) is 12.7 Å². The van der Waals surface area contributed by atoms with Crippen molar-refractivity contribution in [3.63, 3.8) is 0 Å². The number of amides is 1. The average Bonchev–Trinajstić information content (AvgIpc) is 3.01. The molecule has 5 nitrogen and oxygen atoms in total. The van der Waals surface area contributed by atoms with Crippen LogP contribution >= 0.6 is 0 Å². The zero-order valence-corrected chi connectivity index (χ0v) is 14.4. The van der Waals surface area contributed by atoms with Gasteiger partial charge in [0.05, 0.1) is 11.8 Å². The van der Waals surface area contributed by atoms with E-state index in [-0.39, 0.29) is 12.5 Å². The van der Waals surface area contributed by atoms with E-state index < -0.39 is 6.10 Å². The molecule has 1 atom stereocenters. The van der Waals surface area contributed by atoms with Gasteiger partial charge in [-0.25, -0.2) is 4.98 Å². The first-order chi connectivity index (χ1) is 12.6. The van der Waals surface area contributed by atoms with Crippen molar-refractivity contribution >= 4 is 22.3 Å². The van der Waals surface area contributed by atoms with Gasteiger partial charge in [0.25, 0.3) is 5.91 Å². The molecule has 0 radical (unpaired) electrons. The van der Waals surface area contributed by atoms with E-state index in [2.05, 4.69) is 10.3 Å². The van der Waals surface area contributed by atoms with Crippen LogP contribution in [0.4, 0.5) is 0 Å². The van der Waals surface area contributed by atoms with Crippen molar-refractivity contribution in [1.82, 2.24) is 14.7 Å². The average molecular weight is 345 g/mol. The molecule has 26 heavy (non-hydrogen) atoms. The van der Waals surface area contributed by atoms with Crippen LogP contribution in [0.2, 0.25) is 0 Å². The van der Waals surface area contributed by atoms with Gasteiger partial charge >= 0.3 is 0 Å². The number of benzene rings is 2. The Morgan fingerprint density at radius 1 is 1.12 bits per heavy atom. The number of rotatable bonds is 4. The van der Waals surface area contributed by atoms with Gasteiger partial charge in [-0.1, -0.05) is 48.5 Å². The highest BCUT2D eigenvalue weighted by molar-refractivity contribution is 5.94. The normalized spacial score (nSPS) is 12.4. The minimum absolute atomic E-state index is 0.131. The quantitative estimate of drug-likeness (QED) is 0.597. The minimum Gasteiger partial charge on any atom is -0.387 e. The molecule has 1 unspecified atom stereocenters. The molecule has 0 spiro atoms. The summed E-state index contributed by atoms with van der Waals surface area (Å²) in [7, 11) is 0. The van der Waals surface area contributed by atoms with Crippen molar-refractivity contribution in [1.29, 1.82) is 0 Å². The van der Waals surface area contributed by atoms with Crippen LogP contribution < -0.4 is 5.32 Å². The first-order valence-electron chi connectivity index (χ1n) is 8.53. The van der Waals surface area contributed by atoms with Gasteiger partial charge < -0.3 is 10.4 Å². The number of carbonyl (C=O) groups excluding carboxylic acids is 1. The third-order valence-corrected chi connectivity index (χ3v) is 4.56. The number of nitrogens with zero attached hydrogens (tertiary/aromatic N) is 2. The SMILES string of the molecule is Cc1nc2ccccn2c1C(=O)NCC(O)c1cccc2ccccc12. The Hall–Kier alpha value is -3.18. The number of aromatic nitrogens is 2. The number of imidazole rings is 1. The summed E-state index contributed by atoms with van der Waals surface area (Å²) in [4.78, 5) is 17.1. The van der Waals surface area contributed by atoms with Gasteiger partial charge in [-0.15, -0.1) is 0 Å². The summed E-state index contributed by atoms with van der Waals surface area (Å²) in [5.41, 5.74) is 2.68. The minimum atomic E-state index is -0.787. The molecule has 0 aliphatic rings. The molecule has 0 saturated carbocycles. The number of hydrogen-bond donors (Lipinski definition) is 2. The molecule has 0 bridgehead atoms. The van der Waals surface area contributed by atoms with E-state index >= 15 is 0 Å². The molecule has 5 heteroatoms. The highest BCUT2D eigenvalue weighted by Gasteiger charge is 2.18. The highest BCUT2D eigenvalue weighted by Crippen LogP contribution is 2.24. The Morgan fingerprint density at radius 2 is 1.88 bits per heavy atom. The zero-order chi connectivity index (χ0) is 18.1. The summed E-state index contributed by atoms with van der Waals surface area (Å²) < 4.78 is 1.76. The third-order valence-electron chi connectivity index (χ3n) is 4.56. The molecule has 4 rings (SSSR count). The predicted molar refractivity (Wildman–Crippen MR) is 101 cm³/mol. The van der Waals surface area contributed by atoms with Crippen LogP contribution in [-0.2, 0) is 0 Å². The summed E-state index contributed by atoms with van der Waals surface area (Å²) in [6.45, 7) is 1.94. The number of pyridine rings is 1. The van der Waals surface area contributed by atoms with Crippen LogP contribution in [-0.4, -0.2) is 26.9 Å². The van der Waals surface area contributed by atoms with Crippen LogP contribution in [0, 0.1) is 6.92 Å². The van der Waals surface area contributed by atoms with E-state index in [4.69, 9.17) is 0 Å². The second kappa shape index (κ2) is 6.61. The number of fused-ring (bicyclic) bond motifs is 2.